The van der Waals surface area contributed by atoms with E-state index >= 15 is 0 Å². The fourth-order valence-electron chi connectivity index (χ4n) is 0.899. The van der Waals surface area contributed by atoms with E-state index in [4.69, 9.17) is 0 Å². The normalized spacial score (nSPS) is 10.0. The molecule has 0 bridgehead atoms. The summed E-state index contributed by atoms with van der Waals surface area (Å²) in [4.78, 5) is 10.5. The van der Waals surface area contributed by atoms with Crippen molar-refractivity contribution in [2.24, 2.45) is 0 Å². The molecule has 2 heteroatoms. The molecule has 0 spiro atoms. The van der Waals surface area contributed by atoms with Crippen LogP contribution in [0, 0.1) is 0 Å². The van der Waals surface area contributed by atoms with Gasteiger partial charge in [0, 0.05) is 6.42 Å². The first-order chi connectivity index (χ1) is 5.27. The molecule has 0 aliphatic heterocycles. The van der Waals surface area contributed by atoms with E-state index in [1.54, 1.807) is 6.92 Å². The van der Waals surface area contributed by atoms with Crippen LogP contribution in [0.2, 0.25) is 0 Å². The van der Waals surface area contributed by atoms with Crippen molar-refractivity contribution >= 4 is 17.5 Å². The zero-order valence-electron chi connectivity index (χ0n) is 7.56. The van der Waals surface area contributed by atoms with Gasteiger partial charge in [0.2, 0.25) is 0 Å². The van der Waals surface area contributed by atoms with Gasteiger partial charge in [-0.25, -0.2) is 0 Å². The number of hydrogen-bond acceptors (Lipinski definition) is 2. The van der Waals surface area contributed by atoms with Gasteiger partial charge in [-0.2, -0.15) is 11.8 Å². The van der Waals surface area contributed by atoms with Crippen LogP contribution in [0.15, 0.2) is 0 Å². The molecule has 0 aromatic carbocycles. The summed E-state index contributed by atoms with van der Waals surface area (Å²) in [5.41, 5.74) is 0. The highest BCUT2D eigenvalue weighted by Crippen LogP contribution is 2.06. The monoisotopic (exact) mass is 174 g/mol. The number of thioether (sulfide) groups is 1. The lowest BCUT2D eigenvalue weighted by molar-refractivity contribution is -0.117. The molecule has 0 amide bonds. The molecule has 0 rings (SSSR count). The van der Waals surface area contributed by atoms with Crippen LogP contribution in [0.5, 0.6) is 0 Å². The number of carbonyl (C=O) groups is 1. The molecule has 0 aromatic heterocycles. The van der Waals surface area contributed by atoms with Crippen molar-refractivity contribution in [1.82, 2.24) is 0 Å². The zero-order chi connectivity index (χ0) is 8.53. The Morgan fingerprint density at radius 2 is 2.00 bits per heavy atom. The van der Waals surface area contributed by atoms with Crippen LogP contribution < -0.4 is 0 Å². The standard InChI is InChI=1S/C9H18OS/c1-3-11-8-6-4-5-7-9(2)10/h3-8H2,1-2H3. The molecular weight excluding hydrogens is 156 g/mol. The Balaban J connectivity index is 2.85. The Kier molecular flexibility index (Phi) is 8.13. The van der Waals surface area contributed by atoms with Gasteiger partial charge in [0.15, 0.2) is 0 Å². The van der Waals surface area contributed by atoms with Gasteiger partial charge in [0.1, 0.15) is 5.78 Å². The number of hydrogen-bond donors (Lipinski definition) is 0. The summed E-state index contributed by atoms with van der Waals surface area (Å²) in [6, 6.07) is 0. The fourth-order valence-corrected chi connectivity index (χ4v) is 1.60. The minimum absolute atomic E-state index is 0.327. The van der Waals surface area contributed by atoms with E-state index < -0.39 is 0 Å². The third kappa shape index (κ3) is 10.0. The molecule has 0 unspecified atom stereocenters. The van der Waals surface area contributed by atoms with Crippen molar-refractivity contribution in [3.05, 3.63) is 0 Å². The molecule has 0 saturated heterocycles. The molecule has 0 aliphatic carbocycles. The van der Waals surface area contributed by atoms with E-state index in [0.29, 0.717) is 5.78 Å². The summed E-state index contributed by atoms with van der Waals surface area (Å²) >= 11 is 1.98. The van der Waals surface area contributed by atoms with Crippen molar-refractivity contribution in [1.29, 1.82) is 0 Å². The Morgan fingerprint density at radius 3 is 2.55 bits per heavy atom. The molecule has 0 fully saturated rings. The van der Waals surface area contributed by atoms with Gasteiger partial charge in [-0.1, -0.05) is 13.3 Å². The second-order valence-corrected chi connectivity index (χ2v) is 4.10. The minimum atomic E-state index is 0.327. The Hall–Kier alpha value is 0.0200. The van der Waals surface area contributed by atoms with E-state index in [1.165, 1.54) is 24.3 Å². The van der Waals surface area contributed by atoms with Crippen LogP contribution >= 0.6 is 11.8 Å². The Bertz CT molecular complexity index is 102. The summed E-state index contributed by atoms with van der Waals surface area (Å²) in [6.07, 6.45) is 4.34. The van der Waals surface area contributed by atoms with Crippen LogP contribution in [0.3, 0.4) is 0 Å². The van der Waals surface area contributed by atoms with Gasteiger partial charge in [0.25, 0.3) is 0 Å². The molecule has 1 nitrogen and oxygen atoms in total. The lowest BCUT2D eigenvalue weighted by Gasteiger charge is -1.97. The second-order valence-electron chi connectivity index (χ2n) is 2.71. The molecule has 11 heavy (non-hydrogen) atoms. The summed E-state index contributed by atoms with van der Waals surface area (Å²) in [6.45, 7) is 3.85. The summed E-state index contributed by atoms with van der Waals surface area (Å²) < 4.78 is 0. The molecule has 0 atom stereocenters. The first-order valence-electron chi connectivity index (χ1n) is 4.34. The summed E-state index contributed by atoms with van der Waals surface area (Å²) in [5.74, 6) is 2.80. The number of rotatable bonds is 7. The molecular formula is C9H18OS. The largest absolute Gasteiger partial charge is 0.300 e. The zero-order valence-corrected chi connectivity index (χ0v) is 8.38. The topological polar surface area (TPSA) is 17.1 Å². The third-order valence-electron chi connectivity index (χ3n) is 1.52. The van der Waals surface area contributed by atoms with Crippen LogP contribution in [-0.4, -0.2) is 17.3 Å². The third-order valence-corrected chi connectivity index (χ3v) is 2.51. The molecule has 0 radical (unpaired) electrons. The van der Waals surface area contributed by atoms with Gasteiger partial charge in [0.05, 0.1) is 0 Å². The minimum Gasteiger partial charge on any atom is -0.300 e. The summed E-state index contributed by atoms with van der Waals surface area (Å²) in [5, 5.41) is 0. The number of ketones is 1. The average Bonchev–Trinajstić information content (AvgIpc) is 1.96. The fraction of sp³-hybridized carbons (Fsp3) is 0.889. The number of unbranched alkanes of at least 4 members (excludes halogenated alkanes) is 2. The smallest absolute Gasteiger partial charge is 0.129 e. The molecule has 0 aromatic rings. The first kappa shape index (κ1) is 11.0. The predicted molar refractivity (Wildman–Crippen MR) is 52.1 cm³/mol. The lowest BCUT2D eigenvalue weighted by Crippen LogP contribution is -1.89. The summed E-state index contributed by atoms with van der Waals surface area (Å²) in [7, 11) is 0. The van der Waals surface area contributed by atoms with E-state index in [1.807, 2.05) is 11.8 Å². The van der Waals surface area contributed by atoms with E-state index in [9.17, 15) is 4.79 Å². The molecule has 0 saturated carbocycles. The van der Waals surface area contributed by atoms with Gasteiger partial charge in [-0.3, -0.25) is 0 Å². The van der Waals surface area contributed by atoms with Crippen LogP contribution in [0.1, 0.15) is 39.5 Å². The number of carbonyl (C=O) groups excluding carboxylic acids is 1. The van der Waals surface area contributed by atoms with Crippen LogP contribution in [0.25, 0.3) is 0 Å². The quantitative estimate of drug-likeness (QED) is 0.552. The van der Waals surface area contributed by atoms with Crippen LogP contribution in [-0.2, 0) is 4.79 Å². The van der Waals surface area contributed by atoms with Gasteiger partial charge >= 0.3 is 0 Å². The van der Waals surface area contributed by atoms with E-state index in [0.717, 1.165) is 12.8 Å². The maximum Gasteiger partial charge on any atom is 0.129 e. The Morgan fingerprint density at radius 1 is 1.27 bits per heavy atom. The molecule has 0 N–H and O–H groups in total. The average molecular weight is 174 g/mol. The highest BCUT2D eigenvalue weighted by molar-refractivity contribution is 7.99. The van der Waals surface area contributed by atoms with E-state index in [-0.39, 0.29) is 0 Å². The van der Waals surface area contributed by atoms with Crippen molar-refractivity contribution in [3.8, 4) is 0 Å². The maximum atomic E-state index is 10.5. The first-order valence-corrected chi connectivity index (χ1v) is 5.50. The highest BCUT2D eigenvalue weighted by Gasteiger charge is 1.93. The molecule has 0 aliphatic rings. The van der Waals surface area contributed by atoms with Gasteiger partial charge in [-0.15, -0.1) is 0 Å². The second kappa shape index (κ2) is 8.12. The number of Topliss-reactive ketones (excluding diaryl/α,β-unsaturated/α-hetero) is 1. The van der Waals surface area contributed by atoms with Crippen molar-refractivity contribution in [3.63, 3.8) is 0 Å². The van der Waals surface area contributed by atoms with Gasteiger partial charge < -0.3 is 4.79 Å². The molecule has 66 valence electrons. The Labute approximate surface area is 73.9 Å². The predicted octanol–water partition coefficient (Wildman–Crippen LogP) is 2.89. The van der Waals surface area contributed by atoms with Crippen molar-refractivity contribution < 1.29 is 4.79 Å². The highest BCUT2D eigenvalue weighted by atomic mass is 32.2. The lowest BCUT2D eigenvalue weighted by atomic mass is 10.2. The van der Waals surface area contributed by atoms with Crippen molar-refractivity contribution in [2.45, 2.75) is 39.5 Å². The van der Waals surface area contributed by atoms with E-state index in [2.05, 4.69) is 6.92 Å². The maximum absolute atomic E-state index is 10.5. The van der Waals surface area contributed by atoms with Crippen molar-refractivity contribution in [2.75, 3.05) is 11.5 Å². The molecule has 0 heterocycles. The van der Waals surface area contributed by atoms with Gasteiger partial charge in [-0.05, 0) is 31.3 Å². The van der Waals surface area contributed by atoms with Crippen LogP contribution in [0.4, 0.5) is 0 Å². The SMILES string of the molecule is CCSCCCCCC(C)=O.